The summed E-state index contributed by atoms with van der Waals surface area (Å²) in [5, 5.41) is 6.83. The number of rotatable bonds is 3. The lowest BCUT2D eigenvalue weighted by Crippen LogP contribution is -2.48. The van der Waals surface area contributed by atoms with Gasteiger partial charge in [-0.15, -0.1) is 0 Å². The van der Waals surface area contributed by atoms with E-state index in [1.807, 2.05) is 0 Å². The van der Waals surface area contributed by atoms with Crippen molar-refractivity contribution in [3.8, 4) is 0 Å². The highest BCUT2D eigenvalue weighted by Gasteiger charge is 2.33. The molecule has 1 aliphatic heterocycles. The van der Waals surface area contributed by atoms with Crippen molar-refractivity contribution < 1.29 is 9.53 Å². The summed E-state index contributed by atoms with van der Waals surface area (Å²) < 4.78 is 6.73. The Morgan fingerprint density at radius 2 is 2.47 bits per heavy atom. The number of nitrogens with one attached hydrogen (secondary N) is 1. The van der Waals surface area contributed by atoms with E-state index >= 15 is 0 Å². The number of nitrogens with zero attached hydrogens (tertiary/aromatic N) is 2. The topological polar surface area (TPSA) is 56.2 Å². The van der Waals surface area contributed by atoms with E-state index in [0.29, 0.717) is 12.1 Å². The second kappa shape index (κ2) is 3.66. The zero-order valence-electron chi connectivity index (χ0n) is 8.99. The number of carbonyl (C=O) groups is 1. The van der Waals surface area contributed by atoms with E-state index in [2.05, 4.69) is 17.3 Å². The predicted octanol–water partition coefficient (Wildman–Crippen LogP) is 0.186. The lowest BCUT2D eigenvalue weighted by molar-refractivity contribution is -0.0978. The van der Waals surface area contributed by atoms with Gasteiger partial charge in [0.2, 0.25) is 0 Å². The first-order valence-electron chi connectivity index (χ1n) is 4.94. The molecule has 82 valence electrons. The van der Waals surface area contributed by atoms with Gasteiger partial charge in [0.05, 0.1) is 25.0 Å². The standard InChI is InChI=1S/C10H15N3O2/c1-10(6-15-7-10)5-11-9(14)8-3-12-13(2)4-8/h3-4H,5-7H2,1-2H3,(H,11,14). The largest absolute Gasteiger partial charge is 0.380 e. The van der Waals surface area contributed by atoms with E-state index in [1.165, 1.54) is 0 Å². The van der Waals surface area contributed by atoms with Gasteiger partial charge in [-0.05, 0) is 0 Å². The van der Waals surface area contributed by atoms with Crippen molar-refractivity contribution in [3.63, 3.8) is 0 Å². The lowest BCUT2D eigenvalue weighted by Gasteiger charge is -2.37. The van der Waals surface area contributed by atoms with Crippen LogP contribution in [0, 0.1) is 5.41 Å². The second-order valence-electron chi connectivity index (χ2n) is 4.39. The first-order valence-corrected chi connectivity index (χ1v) is 4.94. The van der Waals surface area contributed by atoms with E-state index in [9.17, 15) is 4.79 Å². The predicted molar refractivity (Wildman–Crippen MR) is 54.5 cm³/mol. The first-order chi connectivity index (χ1) is 7.09. The molecular weight excluding hydrogens is 194 g/mol. The van der Waals surface area contributed by atoms with Gasteiger partial charge >= 0.3 is 0 Å². The van der Waals surface area contributed by atoms with Crippen molar-refractivity contribution in [3.05, 3.63) is 18.0 Å². The number of ether oxygens (including phenoxy) is 1. The molecule has 2 rings (SSSR count). The second-order valence-corrected chi connectivity index (χ2v) is 4.39. The molecule has 1 saturated heterocycles. The van der Waals surface area contributed by atoms with Gasteiger partial charge in [0.1, 0.15) is 0 Å². The Kier molecular flexibility index (Phi) is 2.48. The highest BCUT2D eigenvalue weighted by molar-refractivity contribution is 5.93. The van der Waals surface area contributed by atoms with Gasteiger partial charge < -0.3 is 10.1 Å². The smallest absolute Gasteiger partial charge is 0.254 e. The molecule has 0 saturated carbocycles. The molecule has 0 atom stereocenters. The van der Waals surface area contributed by atoms with Crippen LogP contribution in [0.5, 0.6) is 0 Å². The molecule has 0 radical (unpaired) electrons. The molecule has 1 aromatic heterocycles. The molecule has 5 heteroatoms. The van der Waals surface area contributed by atoms with Crippen molar-refractivity contribution in [2.24, 2.45) is 12.5 Å². The van der Waals surface area contributed by atoms with Crippen molar-refractivity contribution in [2.75, 3.05) is 19.8 Å². The van der Waals surface area contributed by atoms with Crippen LogP contribution in [0.2, 0.25) is 0 Å². The Morgan fingerprint density at radius 3 is 2.93 bits per heavy atom. The maximum Gasteiger partial charge on any atom is 0.254 e. The summed E-state index contributed by atoms with van der Waals surface area (Å²) in [6, 6.07) is 0. The van der Waals surface area contributed by atoms with Gasteiger partial charge in [0, 0.05) is 25.2 Å². The summed E-state index contributed by atoms with van der Waals surface area (Å²) in [5.74, 6) is -0.0729. The molecule has 1 aliphatic rings. The Balaban J connectivity index is 1.87. The minimum atomic E-state index is -0.0729. The van der Waals surface area contributed by atoms with Crippen LogP contribution in [-0.2, 0) is 11.8 Å². The molecule has 1 fully saturated rings. The normalized spacial score (nSPS) is 18.3. The van der Waals surface area contributed by atoms with Gasteiger partial charge in [-0.25, -0.2) is 0 Å². The Hall–Kier alpha value is -1.36. The maximum atomic E-state index is 11.6. The third-order valence-electron chi connectivity index (χ3n) is 2.54. The van der Waals surface area contributed by atoms with Crippen LogP contribution in [0.15, 0.2) is 12.4 Å². The zero-order chi connectivity index (χ0) is 10.9. The average Bonchev–Trinajstić information content (AvgIpc) is 2.58. The van der Waals surface area contributed by atoms with Crippen molar-refractivity contribution in [2.45, 2.75) is 6.92 Å². The minimum Gasteiger partial charge on any atom is -0.380 e. The van der Waals surface area contributed by atoms with E-state index in [-0.39, 0.29) is 11.3 Å². The summed E-state index contributed by atoms with van der Waals surface area (Å²) in [6.45, 7) is 4.20. The molecule has 0 bridgehead atoms. The molecule has 1 N–H and O–H groups in total. The van der Waals surface area contributed by atoms with Gasteiger partial charge in [-0.3, -0.25) is 9.48 Å². The summed E-state index contributed by atoms with van der Waals surface area (Å²) in [7, 11) is 1.79. The van der Waals surface area contributed by atoms with Gasteiger partial charge in [-0.1, -0.05) is 6.92 Å². The molecular formula is C10H15N3O2. The third-order valence-corrected chi connectivity index (χ3v) is 2.54. The fraction of sp³-hybridized carbons (Fsp3) is 0.600. The molecule has 0 unspecified atom stereocenters. The zero-order valence-corrected chi connectivity index (χ0v) is 8.99. The lowest BCUT2D eigenvalue weighted by atomic mass is 9.89. The summed E-state index contributed by atoms with van der Waals surface area (Å²) in [6.07, 6.45) is 3.27. The Labute approximate surface area is 88.4 Å². The summed E-state index contributed by atoms with van der Waals surface area (Å²) >= 11 is 0. The van der Waals surface area contributed by atoms with Crippen LogP contribution in [0.3, 0.4) is 0 Å². The van der Waals surface area contributed by atoms with Crippen LogP contribution in [0.4, 0.5) is 0 Å². The Bertz CT molecular complexity index is 368. The fourth-order valence-electron chi connectivity index (χ4n) is 1.49. The molecule has 1 amide bonds. The fourth-order valence-corrected chi connectivity index (χ4v) is 1.49. The SMILES string of the molecule is Cn1cc(C(=O)NCC2(C)COC2)cn1. The summed E-state index contributed by atoms with van der Waals surface area (Å²) in [5.41, 5.74) is 0.707. The number of hydrogen-bond acceptors (Lipinski definition) is 3. The molecule has 2 heterocycles. The van der Waals surface area contributed by atoms with Crippen molar-refractivity contribution >= 4 is 5.91 Å². The molecule has 0 aliphatic carbocycles. The number of aromatic nitrogens is 2. The van der Waals surface area contributed by atoms with Gasteiger partial charge in [0.25, 0.3) is 5.91 Å². The molecule has 1 aromatic rings. The molecule has 0 aromatic carbocycles. The maximum absolute atomic E-state index is 11.6. The monoisotopic (exact) mass is 209 g/mol. The highest BCUT2D eigenvalue weighted by atomic mass is 16.5. The van der Waals surface area contributed by atoms with Crippen LogP contribution >= 0.6 is 0 Å². The number of carbonyl (C=O) groups excluding carboxylic acids is 1. The molecule has 0 spiro atoms. The molecule has 15 heavy (non-hydrogen) atoms. The summed E-state index contributed by atoms with van der Waals surface area (Å²) in [4.78, 5) is 11.6. The van der Waals surface area contributed by atoms with E-state index in [1.54, 1.807) is 24.1 Å². The van der Waals surface area contributed by atoms with Gasteiger partial charge in [-0.2, -0.15) is 5.10 Å². The van der Waals surface area contributed by atoms with Crippen LogP contribution in [-0.4, -0.2) is 35.4 Å². The van der Waals surface area contributed by atoms with E-state index in [4.69, 9.17) is 4.74 Å². The van der Waals surface area contributed by atoms with Crippen molar-refractivity contribution in [1.29, 1.82) is 0 Å². The van der Waals surface area contributed by atoms with Crippen molar-refractivity contribution in [1.82, 2.24) is 15.1 Å². The van der Waals surface area contributed by atoms with Crippen LogP contribution in [0.1, 0.15) is 17.3 Å². The number of hydrogen-bond donors (Lipinski definition) is 1. The van der Waals surface area contributed by atoms with E-state index < -0.39 is 0 Å². The number of aryl methyl sites for hydroxylation is 1. The van der Waals surface area contributed by atoms with Crippen LogP contribution in [0.25, 0.3) is 0 Å². The number of amides is 1. The molecule has 5 nitrogen and oxygen atoms in total. The first kappa shape index (κ1) is 10.2. The Morgan fingerprint density at radius 1 is 1.73 bits per heavy atom. The van der Waals surface area contributed by atoms with Gasteiger partial charge in [0.15, 0.2) is 0 Å². The highest BCUT2D eigenvalue weighted by Crippen LogP contribution is 2.25. The quantitative estimate of drug-likeness (QED) is 0.773. The van der Waals surface area contributed by atoms with E-state index in [0.717, 1.165) is 13.2 Å². The third kappa shape index (κ3) is 2.18. The average molecular weight is 209 g/mol. The minimum absolute atomic E-state index is 0.0729. The van der Waals surface area contributed by atoms with Crippen LogP contribution < -0.4 is 5.32 Å².